The van der Waals surface area contributed by atoms with Crippen LogP contribution in [0.5, 0.6) is 0 Å². The fraction of sp³-hybridized carbons (Fsp3) is 0.346. The molecule has 0 radical (unpaired) electrons. The Morgan fingerprint density at radius 3 is 2.45 bits per heavy atom. The van der Waals surface area contributed by atoms with E-state index in [0.717, 1.165) is 27.7 Å². The predicted octanol–water partition coefficient (Wildman–Crippen LogP) is 0.495. The van der Waals surface area contributed by atoms with Gasteiger partial charge in [0.15, 0.2) is 11.2 Å². The lowest BCUT2D eigenvalue weighted by Gasteiger charge is -2.40. The third kappa shape index (κ3) is 5.31. The third-order valence-corrected chi connectivity index (χ3v) is 8.04. The van der Waals surface area contributed by atoms with Crippen molar-refractivity contribution in [1.29, 1.82) is 5.26 Å². The van der Waals surface area contributed by atoms with Crippen LogP contribution in [0.1, 0.15) is 5.69 Å². The Kier molecular flexibility index (Phi) is 7.91. The molecule has 1 saturated heterocycles. The number of nitrogens with zero attached hydrogens (tertiary/aromatic N) is 3. The van der Waals surface area contributed by atoms with Crippen LogP contribution in [-0.2, 0) is 21.8 Å². The molecule has 11 nitrogen and oxygen atoms in total. The molecule has 2 aromatic carbocycles. The highest BCUT2D eigenvalue weighted by Gasteiger charge is 2.45. The van der Waals surface area contributed by atoms with Crippen LogP contribution in [0.25, 0.3) is 28.1 Å². The van der Waals surface area contributed by atoms with E-state index in [-0.39, 0.29) is 0 Å². The zero-order chi connectivity index (χ0) is 27.8. The Morgan fingerprint density at radius 1 is 1.11 bits per heavy atom. The van der Waals surface area contributed by atoms with Crippen LogP contribution in [0.4, 0.5) is 5.69 Å². The molecule has 0 bridgehead atoms. The minimum Gasteiger partial charge on any atom is -0.394 e. The number of benzene rings is 2. The Balaban J connectivity index is 1.61. The molecular weight excluding hydrogens is 512 g/mol. The van der Waals surface area contributed by atoms with Gasteiger partial charge in [0.1, 0.15) is 30.4 Å². The van der Waals surface area contributed by atoms with Crippen molar-refractivity contribution in [2.45, 2.75) is 30.6 Å². The molecule has 4 rings (SSSR count). The van der Waals surface area contributed by atoms with Crippen molar-refractivity contribution in [3.8, 4) is 17.3 Å². The van der Waals surface area contributed by atoms with Gasteiger partial charge in [0, 0.05) is 38.2 Å². The molecule has 1 aliphatic heterocycles. The second-order valence-corrected chi connectivity index (χ2v) is 11.0. The van der Waals surface area contributed by atoms with Crippen LogP contribution >= 0.6 is 0 Å². The van der Waals surface area contributed by atoms with Crippen LogP contribution in [0.3, 0.4) is 0 Å². The maximum atomic E-state index is 13.0. The Labute approximate surface area is 220 Å². The number of rotatable bonds is 7. The van der Waals surface area contributed by atoms with E-state index < -0.39 is 52.2 Å². The first-order valence-electron chi connectivity index (χ1n) is 11.8. The number of hydrogen-bond acceptors (Lipinski definition) is 9. The summed E-state index contributed by atoms with van der Waals surface area (Å²) in [6.07, 6.45) is -5.42. The second-order valence-electron chi connectivity index (χ2n) is 9.34. The monoisotopic (exact) mass is 542 g/mol. The first-order valence-corrected chi connectivity index (χ1v) is 13.3. The molecule has 5 atom stereocenters. The quantitative estimate of drug-likeness (QED) is 0.267. The zero-order valence-electron chi connectivity index (χ0n) is 21.1. The van der Waals surface area contributed by atoms with Gasteiger partial charge >= 0.3 is 0 Å². The summed E-state index contributed by atoms with van der Waals surface area (Å²) in [5.41, 5.74) is 3.20. The first kappa shape index (κ1) is 27.7. The van der Waals surface area contributed by atoms with Gasteiger partial charge in [-0.05, 0) is 52.7 Å². The first-order chi connectivity index (χ1) is 18.0. The van der Waals surface area contributed by atoms with Crippen molar-refractivity contribution in [3.63, 3.8) is 0 Å². The van der Waals surface area contributed by atoms with Crippen molar-refractivity contribution in [2.24, 2.45) is 7.05 Å². The number of aromatic nitrogens is 1. The number of fused-ring (bicyclic) bond motifs is 1. The van der Waals surface area contributed by atoms with Gasteiger partial charge in [-0.25, -0.2) is 8.42 Å². The summed E-state index contributed by atoms with van der Waals surface area (Å²) in [5.74, 6) is 0. The molecule has 1 fully saturated rings. The van der Waals surface area contributed by atoms with Gasteiger partial charge in [0.25, 0.3) is 10.0 Å². The third-order valence-electron chi connectivity index (χ3n) is 6.67. The number of sulfonamides is 1. The minimum atomic E-state index is -4.54. The van der Waals surface area contributed by atoms with E-state index in [4.69, 9.17) is 4.74 Å². The molecule has 0 aliphatic carbocycles. The summed E-state index contributed by atoms with van der Waals surface area (Å²) < 4.78 is 34.7. The molecule has 0 saturated carbocycles. The summed E-state index contributed by atoms with van der Waals surface area (Å²) in [5, 5.41) is 51.4. The summed E-state index contributed by atoms with van der Waals surface area (Å²) in [6.45, 7) is -0.692. The van der Waals surface area contributed by atoms with Crippen LogP contribution < -0.4 is 9.62 Å². The summed E-state index contributed by atoms with van der Waals surface area (Å²) in [7, 11) is 1.15. The topological polar surface area (TPSA) is 168 Å². The van der Waals surface area contributed by atoms with Crippen LogP contribution in [0.2, 0.25) is 0 Å². The van der Waals surface area contributed by atoms with Gasteiger partial charge in [-0.3, -0.25) is 0 Å². The lowest BCUT2D eigenvalue weighted by atomic mass is 9.98. The Morgan fingerprint density at radius 2 is 1.79 bits per heavy atom. The molecule has 1 aliphatic rings. The number of ether oxygens (including phenoxy) is 1. The highest BCUT2D eigenvalue weighted by Crippen LogP contribution is 2.29. The highest BCUT2D eigenvalue weighted by molar-refractivity contribution is 7.93. The molecule has 1 aromatic heterocycles. The summed E-state index contributed by atoms with van der Waals surface area (Å²) in [4.78, 5) is 1.35. The number of nitrogens with one attached hydrogen (secondary N) is 1. The van der Waals surface area contributed by atoms with Crippen molar-refractivity contribution < 1.29 is 33.6 Å². The predicted molar refractivity (Wildman–Crippen MR) is 142 cm³/mol. The number of hydrogen-bond donors (Lipinski definition) is 5. The van der Waals surface area contributed by atoms with Crippen molar-refractivity contribution in [2.75, 3.05) is 25.6 Å². The molecule has 38 heavy (non-hydrogen) atoms. The van der Waals surface area contributed by atoms with Crippen molar-refractivity contribution >= 4 is 32.6 Å². The average Bonchev–Trinajstić information content (AvgIpc) is 3.26. The SMILES string of the molecule is CN(C)c1ccc2cc(-c3ccc(/C=C(\C#N)S(=O)(=O)N[C@H]4C(O)O[C@H](CO)[C@@H](O)[C@@H]4O)n3C)ccc2c1. The van der Waals surface area contributed by atoms with E-state index in [1.54, 1.807) is 23.8 Å². The Hall–Kier alpha value is -3.28. The molecule has 3 aromatic rings. The van der Waals surface area contributed by atoms with E-state index in [9.17, 15) is 34.1 Å². The number of anilines is 1. The van der Waals surface area contributed by atoms with E-state index in [1.165, 1.54) is 6.08 Å². The van der Waals surface area contributed by atoms with Gasteiger partial charge in [-0.15, -0.1) is 0 Å². The normalized spacial score (nSPS) is 24.4. The summed E-state index contributed by atoms with van der Waals surface area (Å²) >= 11 is 0. The lowest BCUT2D eigenvalue weighted by Crippen LogP contribution is -2.64. The lowest BCUT2D eigenvalue weighted by molar-refractivity contribution is -0.251. The van der Waals surface area contributed by atoms with E-state index in [2.05, 4.69) is 6.07 Å². The number of aliphatic hydroxyl groups excluding tert-OH is 4. The number of aliphatic hydroxyl groups is 4. The fourth-order valence-electron chi connectivity index (χ4n) is 4.40. The van der Waals surface area contributed by atoms with Crippen molar-refractivity contribution in [3.05, 3.63) is 59.1 Å². The van der Waals surface area contributed by atoms with Crippen molar-refractivity contribution in [1.82, 2.24) is 9.29 Å². The van der Waals surface area contributed by atoms with Crippen LogP contribution in [0.15, 0.2) is 53.4 Å². The zero-order valence-corrected chi connectivity index (χ0v) is 21.9. The maximum Gasteiger partial charge on any atom is 0.251 e. The Bertz CT molecular complexity index is 1510. The molecule has 1 unspecified atom stereocenters. The number of allylic oxidation sites excluding steroid dienone is 1. The van der Waals surface area contributed by atoms with Gasteiger partial charge in [-0.1, -0.05) is 18.2 Å². The standard InChI is InChI=1S/C26H30N4O7S/c1-29(2)18-7-6-15-10-17(5-4-16(15)11-18)21-9-8-19(30(21)3)12-20(13-27)38(35,36)28-23-25(33)24(32)22(14-31)37-26(23)34/h4-12,22-26,28,31-34H,14H2,1-3H3/b20-12+/t22-,23-,24-,25-,26?/m1/s1. The molecular formula is C26H30N4O7S. The van der Waals surface area contributed by atoms with Gasteiger partial charge in [0.05, 0.1) is 6.61 Å². The second kappa shape index (κ2) is 10.8. The maximum absolute atomic E-state index is 13.0. The molecule has 0 amide bonds. The highest BCUT2D eigenvalue weighted by atomic mass is 32.2. The van der Waals surface area contributed by atoms with Crippen LogP contribution in [-0.4, -0.2) is 84.8 Å². The smallest absolute Gasteiger partial charge is 0.251 e. The fourth-order valence-corrected chi connectivity index (χ4v) is 5.54. The molecule has 202 valence electrons. The molecule has 5 N–H and O–H groups in total. The molecule has 12 heteroatoms. The van der Waals surface area contributed by atoms with Gasteiger partial charge < -0.3 is 34.6 Å². The molecule has 0 spiro atoms. The minimum absolute atomic E-state index is 0.423. The van der Waals surface area contributed by atoms with Gasteiger partial charge in [0.2, 0.25) is 0 Å². The largest absolute Gasteiger partial charge is 0.394 e. The number of nitriles is 1. The van der Waals surface area contributed by atoms with E-state index in [0.29, 0.717) is 5.69 Å². The summed E-state index contributed by atoms with van der Waals surface area (Å²) in [6, 6.07) is 15.6. The average molecular weight is 543 g/mol. The van der Waals surface area contributed by atoms with E-state index >= 15 is 0 Å². The van der Waals surface area contributed by atoms with Gasteiger partial charge in [-0.2, -0.15) is 9.98 Å². The molecule has 2 heterocycles. The van der Waals surface area contributed by atoms with E-state index in [1.807, 2.05) is 60.1 Å². The van der Waals surface area contributed by atoms with Crippen LogP contribution in [0, 0.1) is 11.3 Å².